The van der Waals surface area contributed by atoms with Gasteiger partial charge in [-0.05, 0) is 43.3 Å². The van der Waals surface area contributed by atoms with Crippen LogP contribution >= 0.6 is 11.5 Å². The fourth-order valence-corrected chi connectivity index (χ4v) is 3.71. The van der Waals surface area contributed by atoms with Crippen LogP contribution in [-0.2, 0) is 6.42 Å². The Morgan fingerprint density at radius 2 is 2.12 bits per heavy atom. The normalized spacial score (nSPS) is 18.7. The minimum Gasteiger partial charge on any atom is -0.309 e. The third-order valence-electron chi connectivity index (χ3n) is 3.65. The summed E-state index contributed by atoms with van der Waals surface area (Å²) in [6, 6.07) is 0.504. The van der Waals surface area contributed by atoms with Crippen LogP contribution in [0.5, 0.6) is 0 Å². The lowest BCUT2D eigenvalue weighted by molar-refractivity contribution is 0.377. The molecular weight excluding hydrogens is 230 g/mol. The summed E-state index contributed by atoms with van der Waals surface area (Å²) >= 11 is 1.60. The lowest BCUT2D eigenvalue weighted by Gasteiger charge is -2.23. The third-order valence-corrected chi connectivity index (χ3v) is 4.50. The quantitative estimate of drug-likeness (QED) is 0.845. The number of aryl methyl sites for hydroxylation is 1. The van der Waals surface area contributed by atoms with Crippen LogP contribution in [-0.4, -0.2) is 16.1 Å². The molecule has 96 valence electrons. The standard InChI is InChI=1S/C13H23N3S/c1-3-7-11-13(17-16-15-11)12(14-4-2)10-8-5-6-9-10/h10,12,14H,3-9H2,1-2H3. The first-order valence-electron chi connectivity index (χ1n) is 6.91. The molecule has 0 spiro atoms. The summed E-state index contributed by atoms with van der Waals surface area (Å²) in [4.78, 5) is 1.40. The summed E-state index contributed by atoms with van der Waals surface area (Å²) in [5, 5.41) is 7.97. The molecule has 0 aliphatic heterocycles. The van der Waals surface area contributed by atoms with E-state index in [4.69, 9.17) is 0 Å². The van der Waals surface area contributed by atoms with Gasteiger partial charge in [0.05, 0.1) is 10.6 Å². The van der Waals surface area contributed by atoms with Crippen molar-refractivity contribution in [2.75, 3.05) is 6.54 Å². The van der Waals surface area contributed by atoms with Gasteiger partial charge < -0.3 is 5.32 Å². The second kappa shape index (κ2) is 6.45. The van der Waals surface area contributed by atoms with Crippen molar-refractivity contribution in [3.63, 3.8) is 0 Å². The Labute approximate surface area is 108 Å². The maximum atomic E-state index is 4.31. The molecule has 1 heterocycles. The van der Waals surface area contributed by atoms with Crippen molar-refractivity contribution in [2.45, 2.75) is 58.4 Å². The van der Waals surface area contributed by atoms with Gasteiger partial charge in [0.25, 0.3) is 0 Å². The molecule has 1 aromatic rings. The molecule has 0 radical (unpaired) electrons. The van der Waals surface area contributed by atoms with E-state index in [0.717, 1.165) is 25.3 Å². The lowest BCUT2D eigenvalue weighted by atomic mass is 9.95. The van der Waals surface area contributed by atoms with Crippen LogP contribution in [0.2, 0.25) is 0 Å². The first-order valence-corrected chi connectivity index (χ1v) is 7.68. The van der Waals surface area contributed by atoms with E-state index in [1.54, 1.807) is 11.5 Å². The Hall–Kier alpha value is -0.480. The summed E-state index contributed by atoms with van der Waals surface area (Å²) in [7, 11) is 0. The molecule has 1 aliphatic rings. The highest BCUT2D eigenvalue weighted by Crippen LogP contribution is 2.37. The van der Waals surface area contributed by atoms with E-state index in [0.29, 0.717) is 6.04 Å². The predicted octanol–water partition coefficient (Wildman–Crippen LogP) is 3.33. The molecular formula is C13H23N3S. The van der Waals surface area contributed by atoms with Crippen LogP contribution in [0.15, 0.2) is 0 Å². The van der Waals surface area contributed by atoms with Crippen LogP contribution in [0.4, 0.5) is 0 Å². The van der Waals surface area contributed by atoms with E-state index >= 15 is 0 Å². The van der Waals surface area contributed by atoms with E-state index in [1.165, 1.54) is 36.3 Å². The molecule has 0 aromatic carbocycles. The number of hydrogen-bond acceptors (Lipinski definition) is 4. The number of nitrogens with zero attached hydrogens (tertiary/aromatic N) is 2. The van der Waals surface area contributed by atoms with Crippen molar-refractivity contribution in [3.8, 4) is 0 Å². The molecule has 2 rings (SSSR count). The minimum absolute atomic E-state index is 0.504. The van der Waals surface area contributed by atoms with E-state index < -0.39 is 0 Å². The summed E-state index contributed by atoms with van der Waals surface area (Å²) < 4.78 is 4.17. The van der Waals surface area contributed by atoms with Crippen LogP contribution < -0.4 is 5.32 Å². The van der Waals surface area contributed by atoms with Crippen LogP contribution in [0.3, 0.4) is 0 Å². The number of nitrogens with one attached hydrogen (secondary N) is 1. The zero-order chi connectivity index (χ0) is 12.1. The van der Waals surface area contributed by atoms with Crippen LogP contribution in [0.1, 0.15) is 62.6 Å². The molecule has 1 unspecified atom stereocenters. The molecule has 0 saturated heterocycles. The van der Waals surface area contributed by atoms with Crippen molar-refractivity contribution in [3.05, 3.63) is 10.6 Å². The van der Waals surface area contributed by atoms with E-state index in [2.05, 4.69) is 28.8 Å². The summed E-state index contributed by atoms with van der Waals surface area (Å²) in [5.74, 6) is 0.799. The molecule has 3 nitrogen and oxygen atoms in total. The van der Waals surface area contributed by atoms with Gasteiger partial charge in [-0.3, -0.25) is 0 Å². The van der Waals surface area contributed by atoms with Crippen LogP contribution in [0, 0.1) is 5.92 Å². The maximum Gasteiger partial charge on any atom is 0.0803 e. The van der Waals surface area contributed by atoms with Gasteiger partial charge in [0.1, 0.15) is 0 Å². The van der Waals surface area contributed by atoms with Gasteiger partial charge in [0.15, 0.2) is 0 Å². The van der Waals surface area contributed by atoms with E-state index in [-0.39, 0.29) is 0 Å². The largest absolute Gasteiger partial charge is 0.309 e. The first-order chi connectivity index (χ1) is 8.36. The molecule has 1 atom stereocenters. The zero-order valence-corrected chi connectivity index (χ0v) is 11.7. The SMILES string of the molecule is CCCc1nnsc1C(NCC)C1CCCC1. The van der Waals surface area contributed by atoms with Crippen molar-refractivity contribution in [1.29, 1.82) is 0 Å². The molecule has 1 saturated carbocycles. The van der Waals surface area contributed by atoms with Gasteiger partial charge in [0, 0.05) is 6.04 Å². The molecule has 4 heteroatoms. The predicted molar refractivity (Wildman–Crippen MR) is 72.3 cm³/mol. The topological polar surface area (TPSA) is 37.8 Å². The lowest BCUT2D eigenvalue weighted by Crippen LogP contribution is -2.27. The first kappa shape index (κ1) is 13.0. The minimum atomic E-state index is 0.504. The van der Waals surface area contributed by atoms with E-state index in [1.807, 2.05) is 0 Å². The van der Waals surface area contributed by atoms with Crippen molar-refractivity contribution in [2.24, 2.45) is 5.92 Å². The number of hydrogen-bond donors (Lipinski definition) is 1. The Kier molecular flexibility index (Phi) is 4.92. The molecule has 0 amide bonds. The Morgan fingerprint density at radius 3 is 2.76 bits per heavy atom. The fraction of sp³-hybridized carbons (Fsp3) is 0.846. The zero-order valence-electron chi connectivity index (χ0n) is 10.9. The summed E-state index contributed by atoms with van der Waals surface area (Å²) in [6.45, 7) is 5.43. The summed E-state index contributed by atoms with van der Waals surface area (Å²) in [5.41, 5.74) is 1.23. The van der Waals surface area contributed by atoms with Crippen LogP contribution in [0.25, 0.3) is 0 Å². The molecule has 1 aliphatic carbocycles. The van der Waals surface area contributed by atoms with Gasteiger partial charge >= 0.3 is 0 Å². The Morgan fingerprint density at radius 1 is 1.35 bits per heavy atom. The third kappa shape index (κ3) is 3.05. The smallest absolute Gasteiger partial charge is 0.0803 e. The van der Waals surface area contributed by atoms with Gasteiger partial charge in [-0.25, -0.2) is 0 Å². The average Bonchev–Trinajstić information content (AvgIpc) is 2.97. The Balaban J connectivity index is 2.15. The molecule has 1 N–H and O–H groups in total. The molecule has 0 bridgehead atoms. The van der Waals surface area contributed by atoms with Gasteiger partial charge in [-0.2, -0.15) is 0 Å². The molecule has 1 aromatic heterocycles. The number of rotatable bonds is 6. The monoisotopic (exact) mass is 253 g/mol. The summed E-state index contributed by atoms with van der Waals surface area (Å²) in [6.07, 6.45) is 7.73. The van der Waals surface area contributed by atoms with Crippen molar-refractivity contribution < 1.29 is 0 Å². The second-order valence-corrected chi connectivity index (χ2v) is 5.70. The highest BCUT2D eigenvalue weighted by Gasteiger charge is 2.29. The van der Waals surface area contributed by atoms with Gasteiger partial charge in [-0.1, -0.05) is 37.6 Å². The second-order valence-electron chi connectivity index (χ2n) is 4.91. The van der Waals surface area contributed by atoms with Gasteiger partial charge in [0.2, 0.25) is 0 Å². The van der Waals surface area contributed by atoms with E-state index in [9.17, 15) is 0 Å². The average molecular weight is 253 g/mol. The maximum absolute atomic E-state index is 4.31. The fourth-order valence-electron chi connectivity index (χ4n) is 2.85. The molecule has 17 heavy (non-hydrogen) atoms. The molecule has 1 fully saturated rings. The van der Waals surface area contributed by atoms with Crippen molar-refractivity contribution in [1.82, 2.24) is 14.9 Å². The highest BCUT2D eigenvalue weighted by atomic mass is 32.1. The highest BCUT2D eigenvalue weighted by molar-refractivity contribution is 7.05. The van der Waals surface area contributed by atoms with Gasteiger partial charge in [-0.15, -0.1) is 5.10 Å². The Bertz CT molecular complexity index is 331. The number of aromatic nitrogens is 2. The van der Waals surface area contributed by atoms with Crippen molar-refractivity contribution >= 4 is 11.5 Å².